The Bertz CT molecular complexity index is 648. The number of aromatic nitrogens is 2. The van der Waals surface area contributed by atoms with E-state index in [1.807, 2.05) is 18.2 Å². The highest BCUT2D eigenvalue weighted by molar-refractivity contribution is 9.10. The Labute approximate surface area is 124 Å². The summed E-state index contributed by atoms with van der Waals surface area (Å²) in [5, 5.41) is 0.662. The predicted octanol–water partition coefficient (Wildman–Crippen LogP) is 3.21. The van der Waals surface area contributed by atoms with Gasteiger partial charge in [0.25, 0.3) is 0 Å². The molecule has 1 aromatic heterocycles. The number of hydrogen-bond acceptors (Lipinski definition) is 4. The van der Waals surface area contributed by atoms with E-state index in [4.69, 9.17) is 22.1 Å². The van der Waals surface area contributed by atoms with Gasteiger partial charge >= 0.3 is 0 Å². The first-order valence-electron chi connectivity index (χ1n) is 5.83. The zero-order chi connectivity index (χ0) is 13.4. The van der Waals surface area contributed by atoms with E-state index in [0.717, 1.165) is 27.7 Å². The van der Waals surface area contributed by atoms with Gasteiger partial charge in [0.1, 0.15) is 5.82 Å². The molecule has 1 aliphatic heterocycles. The van der Waals surface area contributed by atoms with Crippen LogP contribution in [0.4, 0.5) is 5.82 Å². The van der Waals surface area contributed by atoms with Crippen LogP contribution < -0.4 is 5.73 Å². The number of nitrogen functional groups attached to an aromatic ring is 1. The van der Waals surface area contributed by atoms with E-state index >= 15 is 0 Å². The number of anilines is 1. The molecule has 0 spiro atoms. The molecule has 0 amide bonds. The van der Waals surface area contributed by atoms with Crippen molar-refractivity contribution in [3.05, 3.63) is 39.0 Å². The second kappa shape index (κ2) is 5.07. The highest BCUT2D eigenvalue weighted by Gasteiger charge is 2.18. The van der Waals surface area contributed by atoms with Gasteiger partial charge in [-0.1, -0.05) is 11.6 Å². The van der Waals surface area contributed by atoms with Gasteiger partial charge in [-0.3, -0.25) is 0 Å². The lowest BCUT2D eigenvalue weighted by molar-refractivity contribution is 0.109. The first kappa shape index (κ1) is 12.8. The second-order valence-corrected chi connectivity index (χ2v) is 5.58. The summed E-state index contributed by atoms with van der Waals surface area (Å²) in [4.78, 5) is 8.95. The molecule has 0 atom stereocenters. The maximum Gasteiger partial charge on any atom is 0.162 e. The van der Waals surface area contributed by atoms with Crippen LogP contribution in [0.2, 0.25) is 5.02 Å². The van der Waals surface area contributed by atoms with Gasteiger partial charge in [0.05, 0.1) is 18.9 Å². The summed E-state index contributed by atoms with van der Waals surface area (Å²) in [6.45, 7) is 1.16. The third-order valence-electron chi connectivity index (χ3n) is 3.03. The molecule has 2 aromatic rings. The number of hydrogen-bond donors (Lipinski definition) is 1. The van der Waals surface area contributed by atoms with Crippen molar-refractivity contribution in [1.82, 2.24) is 9.97 Å². The third-order valence-corrected chi connectivity index (χ3v) is 3.92. The van der Waals surface area contributed by atoms with E-state index in [9.17, 15) is 0 Å². The number of fused-ring (bicyclic) bond motifs is 1. The summed E-state index contributed by atoms with van der Waals surface area (Å²) in [5.74, 6) is 1.10. The number of halogens is 2. The van der Waals surface area contributed by atoms with E-state index in [0.29, 0.717) is 29.9 Å². The van der Waals surface area contributed by atoms with Crippen LogP contribution in [0.1, 0.15) is 11.3 Å². The summed E-state index contributed by atoms with van der Waals surface area (Å²) >= 11 is 9.41. The minimum Gasteiger partial charge on any atom is -0.383 e. The molecular weight excluding hydrogens is 330 g/mol. The van der Waals surface area contributed by atoms with E-state index in [1.54, 1.807) is 0 Å². The van der Waals surface area contributed by atoms with Gasteiger partial charge in [-0.2, -0.15) is 0 Å². The standard InChI is InChI=1S/C13H11BrClN3O/c14-10-5-7(15)1-2-8(10)13-17-11-3-4-19-6-9(11)12(16)18-13/h1-2,5H,3-4,6H2,(H2,16,17,18). The zero-order valence-electron chi connectivity index (χ0n) is 9.99. The van der Waals surface area contributed by atoms with Crippen molar-refractivity contribution in [2.24, 2.45) is 0 Å². The Kier molecular flexibility index (Phi) is 3.43. The molecule has 0 fully saturated rings. The first-order valence-corrected chi connectivity index (χ1v) is 7.00. The molecule has 0 saturated carbocycles. The largest absolute Gasteiger partial charge is 0.383 e. The van der Waals surface area contributed by atoms with Crippen LogP contribution in [0, 0.1) is 0 Å². The minimum atomic E-state index is 0.488. The lowest BCUT2D eigenvalue weighted by Gasteiger charge is -2.18. The number of rotatable bonds is 1. The minimum absolute atomic E-state index is 0.488. The van der Waals surface area contributed by atoms with Crippen molar-refractivity contribution in [2.75, 3.05) is 12.3 Å². The molecule has 0 aliphatic carbocycles. The molecule has 0 unspecified atom stereocenters. The maximum absolute atomic E-state index is 5.99. The van der Waals surface area contributed by atoms with E-state index < -0.39 is 0 Å². The highest BCUT2D eigenvalue weighted by atomic mass is 79.9. The molecule has 2 heterocycles. The van der Waals surface area contributed by atoms with Gasteiger partial charge in [0.2, 0.25) is 0 Å². The Balaban J connectivity index is 2.13. The average Bonchev–Trinajstić information content (AvgIpc) is 2.38. The molecule has 19 heavy (non-hydrogen) atoms. The van der Waals surface area contributed by atoms with Crippen LogP contribution in [-0.2, 0) is 17.8 Å². The fourth-order valence-corrected chi connectivity index (χ4v) is 2.91. The van der Waals surface area contributed by atoms with Crippen molar-refractivity contribution in [3.63, 3.8) is 0 Å². The monoisotopic (exact) mass is 339 g/mol. The summed E-state index contributed by atoms with van der Waals surface area (Å²) in [5.41, 5.74) is 8.74. The molecule has 1 aliphatic rings. The average molecular weight is 341 g/mol. The van der Waals surface area contributed by atoms with Gasteiger partial charge < -0.3 is 10.5 Å². The normalized spacial score (nSPS) is 14.2. The molecule has 0 saturated heterocycles. The molecule has 3 rings (SSSR count). The van der Waals surface area contributed by atoms with Gasteiger partial charge in [0.15, 0.2) is 5.82 Å². The van der Waals surface area contributed by atoms with Gasteiger partial charge in [0, 0.05) is 27.0 Å². The Morgan fingerprint density at radius 1 is 1.32 bits per heavy atom. The van der Waals surface area contributed by atoms with Crippen molar-refractivity contribution < 1.29 is 4.74 Å². The van der Waals surface area contributed by atoms with Crippen molar-refractivity contribution in [2.45, 2.75) is 13.0 Å². The number of benzene rings is 1. The summed E-state index contributed by atoms with van der Waals surface area (Å²) in [6, 6.07) is 5.51. The molecular formula is C13H11BrClN3O. The Morgan fingerprint density at radius 3 is 2.95 bits per heavy atom. The fraction of sp³-hybridized carbons (Fsp3) is 0.231. The lowest BCUT2D eigenvalue weighted by Crippen LogP contribution is -2.16. The van der Waals surface area contributed by atoms with E-state index in [2.05, 4.69) is 25.9 Å². The van der Waals surface area contributed by atoms with Crippen LogP contribution >= 0.6 is 27.5 Å². The molecule has 2 N–H and O–H groups in total. The van der Waals surface area contributed by atoms with Gasteiger partial charge in [-0.15, -0.1) is 0 Å². The van der Waals surface area contributed by atoms with E-state index in [1.165, 1.54) is 0 Å². The predicted molar refractivity (Wildman–Crippen MR) is 78.0 cm³/mol. The fourth-order valence-electron chi connectivity index (χ4n) is 2.05. The Hall–Kier alpha value is -1.17. The number of nitrogens with zero attached hydrogens (tertiary/aromatic N) is 2. The zero-order valence-corrected chi connectivity index (χ0v) is 12.3. The van der Waals surface area contributed by atoms with Crippen molar-refractivity contribution in [3.8, 4) is 11.4 Å². The quantitative estimate of drug-likeness (QED) is 0.866. The summed E-state index contributed by atoms with van der Waals surface area (Å²) in [7, 11) is 0. The van der Waals surface area contributed by atoms with Gasteiger partial charge in [-0.25, -0.2) is 9.97 Å². The van der Waals surface area contributed by atoms with Crippen LogP contribution in [0.5, 0.6) is 0 Å². The molecule has 1 aromatic carbocycles. The topological polar surface area (TPSA) is 61.0 Å². The Morgan fingerprint density at radius 2 is 2.16 bits per heavy atom. The third kappa shape index (κ3) is 2.45. The second-order valence-electron chi connectivity index (χ2n) is 4.28. The van der Waals surface area contributed by atoms with E-state index in [-0.39, 0.29) is 0 Å². The molecule has 4 nitrogen and oxygen atoms in total. The van der Waals surface area contributed by atoms with Gasteiger partial charge in [-0.05, 0) is 34.1 Å². The molecule has 6 heteroatoms. The van der Waals surface area contributed by atoms with Crippen LogP contribution in [-0.4, -0.2) is 16.6 Å². The lowest BCUT2D eigenvalue weighted by atomic mass is 10.1. The summed E-state index contributed by atoms with van der Waals surface area (Å²) < 4.78 is 6.23. The van der Waals surface area contributed by atoms with Crippen LogP contribution in [0.15, 0.2) is 22.7 Å². The van der Waals surface area contributed by atoms with Crippen molar-refractivity contribution >= 4 is 33.3 Å². The SMILES string of the molecule is Nc1nc(-c2ccc(Cl)cc2Br)nc2c1COCC2. The van der Waals surface area contributed by atoms with Crippen LogP contribution in [0.3, 0.4) is 0 Å². The molecule has 98 valence electrons. The first-order chi connectivity index (χ1) is 9.15. The smallest absolute Gasteiger partial charge is 0.162 e. The number of ether oxygens (including phenoxy) is 1. The number of nitrogens with two attached hydrogens (primary N) is 1. The molecule has 0 radical (unpaired) electrons. The highest BCUT2D eigenvalue weighted by Crippen LogP contribution is 2.30. The molecule has 0 bridgehead atoms. The maximum atomic E-state index is 5.99. The summed E-state index contributed by atoms with van der Waals surface area (Å²) in [6.07, 6.45) is 0.764. The van der Waals surface area contributed by atoms with Crippen molar-refractivity contribution in [1.29, 1.82) is 0 Å². The van der Waals surface area contributed by atoms with Crippen LogP contribution in [0.25, 0.3) is 11.4 Å².